The third kappa shape index (κ3) is 2.97. The maximum Gasteiger partial charge on any atom is 0.416 e. The van der Waals surface area contributed by atoms with Crippen LogP contribution < -0.4 is 0 Å². The van der Waals surface area contributed by atoms with Crippen LogP contribution in [0.4, 0.5) is 35.1 Å². The van der Waals surface area contributed by atoms with Gasteiger partial charge in [-0.1, -0.05) is 12.1 Å². The van der Waals surface area contributed by atoms with Gasteiger partial charge in [0.05, 0.1) is 33.7 Å². The summed E-state index contributed by atoms with van der Waals surface area (Å²) in [5.74, 6) is -13.9. The summed E-state index contributed by atoms with van der Waals surface area (Å²) >= 11 is 0. The molecule has 160 valence electrons. The number of alkyl halides is 3. The first kappa shape index (κ1) is 20.6. The highest BCUT2D eigenvalue weighted by molar-refractivity contribution is 6.30. The van der Waals surface area contributed by atoms with Gasteiger partial charge >= 0.3 is 6.18 Å². The molecule has 4 rings (SSSR count). The van der Waals surface area contributed by atoms with E-state index in [0.29, 0.717) is 6.07 Å². The Balaban J connectivity index is 1.94. The number of aromatic hydroxyl groups is 1. The standard InChI is InChI=1S/C19H6F8N2O2/c20-10-9(11(21)13(23)14(24)12(10)22)16-8-7(17(30)29-16)15(28-18(8)31)5-2-1-3-6(4-5)19(25,26)27/h1-4,28,31H. The number of aliphatic imine (C=N–C) groups is 1. The van der Waals surface area contributed by atoms with Gasteiger partial charge in [0, 0.05) is 0 Å². The fourth-order valence-electron chi connectivity index (χ4n) is 3.21. The van der Waals surface area contributed by atoms with Crippen molar-refractivity contribution >= 4 is 11.6 Å². The lowest BCUT2D eigenvalue weighted by molar-refractivity contribution is -0.137. The molecule has 2 aromatic carbocycles. The number of benzene rings is 2. The van der Waals surface area contributed by atoms with Crippen LogP contribution in [0.3, 0.4) is 0 Å². The molecule has 1 aromatic heterocycles. The highest BCUT2D eigenvalue weighted by Crippen LogP contribution is 2.40. The van der Waals surface area contributed by atoms with Gasteiger partial charge in [-0.05, 0) is 17.7 Å². The minimum Gasteiger partial charge on any atom is -0.494 e. The summed E-state index contributed by atoms with van der Waals surface area (Å²) in [4.78, 5) is 17.8. The fraction of sp³-hybridized carbons (Fsp3) is 0.0526. The van der Waals surface area contributed by atoms with Crippen molar-refractivity contribution in [2.45, 2.75) is 6.18 Å². The zero-order valence-electron chi connectivity index (χ0n) is 14.6. The molecule has 3 aromatic rings. The van der Waals surface area contributed by atoms with Crippen molar-refractivity contribution in [3.05, 3.63) is 75.6 Å². The molecule has 0 atom stereocenters. The van der Waals surface area contributed by atoms with Crippen LogP contribution in [0.1, 0.15) is 27.0 Å². The molecule has 4 nitrogen and oxygen atoms in total. The average molecular weight is 446 g/mol. The normalized spacial score (nSPS) is 13.5. The van der Waals surface area contributed by atoms with Crippen molar-refractivity contribution in [2.75, 3.05) is 0 Å². The van der Waals surface area contributed by atoms with Gasteiger partial charge in [-0.2, -0.15) is 13.2 Å². The fourth-order valence-corrected chi connectivity index (χ4v) is 3.21. The smallest absolute Gasteiger partial charge is 0.416 e. The van der Waals surface area contributed by atoms with E-state index >= 15 is 0 Å². The quantitative estimate of drug-likeness (QED) is 0.327. The molecule has 1 amide bonds. The van der Waals surface area contributed by atoms with Gasteiger partial charge < -0.3 is 10.1 Å². The number of amides is 1. The summed E-state index contributed by atoms with van der Waals surface area (Å²) < 4.78 is 108. The van der Waals surface area contributed by atoms with Crippen molar-refractivity contribution in [1.82, 2.24) is 4.98 Å². The second-order valence-electron chi connectivity index (χ2n) is 6.39. The summed E-state index contributed by atoms with van der Waals surface area (Å²) in [6, 6.07) is 3.53. The van der Waals surface area contributed by atoms with E-state index in [0.717, 1.165) is 18.2 Å². The molecule has 1 aliphatic heterocycles. The number of H-pyrrole nitrogens is 1. The van der Waals surface area contributed by atoms with Crippen LogP contribution in [0.5, 0.6) is 5.88 Å². The summed E-state index contributed by atoms with van der Waals surface area (Å²) in [5, 5.41) is 10.1. The molecule has 2 N–H and O–H groups in total. The number of nitrogens with one attached hydrogen (secondary N) is 1. The maximum atomic E-state index is 14.2. The molecule has 2 heterocycles. The Bertz CT molecular complexity index is 1280. The van der Waals surface area contributed by atoms with Crippen LogP contribution in [0.25, 0.3) is 11.3 Å². The number of rotatable bonds is 2. The predicted octanol–water partition coefficient (Wildman–Crippen LogP) is 5.09. The Labute approximate surface area is 166 Å². The number of carbonyl (C=O) groups excluding carboxylic acids is 1. The molecule has 0 bridgehead atoms. The number of aromatic amines is 1. The molecule has 0 aliphatic carbocycles. The lowest BCUT2D eigenvalue weighted by Gasteiger charge is -2.08. The number of aromatic nitrogens is 1. The Morgan fingerprint density at radius 3 is 2.00 bits per heavy atom. The maximum absolute atomic E-state index is 14.2. The summed E-state index contributed by atoms with van der Waals surface area (Å²) in [6.07, 6.45) is -4.74. The van der Waals surface area contributed by atoms with Gasteiger partial charge in [0.2, 0.25) is 5.82 Å². The number of halogens is 8. The number of nitrogens with zero attached hydrogens (tertiary/aromatic N) is 1. The first-order valence-electron chi connectivity index (χ1n) is 8.21. The Morgan fingerprint density at radius 1 is 0.839 bits per heavy atom. The molecule has 12 heteroatoms. The number of hydrogen-bond donors (Lipinski definition) is 2. The largest absolute Gasteiger partial charge is 0.494 e. The van der Waals surface area contributed by atoms with Crippen molar-refractivity contribution < 1.29 is 45.0 Å². The van der Waals surface area contributed by atoms with Crippen LogP contribution in [-0.2, 0) is 6.18 Å². The highest BCUT2D eigenvalue weighted by atomic mass is 19.4. The van der Waals surface area contributed by atoms with Gasteiger partial charge in [-0.3, -0.25) is 4.79 Å². The van der Waals surface area contributed by atoms with E-state index < -0.39 is 75.0 Å². The van der Waals surface area contributed by atoms with E-state index in [4.69, 9.17) is 0 Å². The van der Waals surface area contributed by atoms with E-state index in [1.54, 1.807) is 0 Å². The monoisotopic (exact) mass is 446 g/mol. The van der Waals surface area contributed by atoms with E-state index in [9.17, 15) is 45.0 Å². The van der Waals surface area contributed by atoms with E-state index in [-0.39, 0.29) is 11.3 Å². The SMILES string of the molecule is O=C1N=C(c2c(F)c(F)c(F)c(F)c2F)c2c(O)[nH]c(-c3cccc(C(F)(F)F)c3)c21. The van der Waals surface area contributed by atoms with E-state index in [1.165, 1.54) is 0 Å². The number of fused-ring (bicyclic) bond motifs is 1. The van der Waals surface area contributed by atoms with Gasteiger partial charge in [0.25, 0.3) is 5.91 Å². The van der Waals surface area contributed by atoms with E-state index in [2.05, 4.69) is 9.98 Å². The molecule has 1 aliphatic rings. The summed E-state index contributed by atoms with van der Waals surface area (Å²) in [6.45, 7) is 0. The molecule has 0 unspecified atom stereocenters. The first-order chi connectivity index (χ1) is 14.4. The van der Waals surface area contributed by atoms with Gasteiger partial charge in [0.15, 0.2) is 29.1 Å². The van der Waals surface area contributed by atoms with Gasteiger partial charge in [-0.25, -0.2) is 26.9 Å². The second kappa shape index (κ2) is 6.65. The molecule has 0 fully saturated rings. The minimum atomic E-state index is -4.74. The van der Waals surface area contributed by atoms with E-state index in [1.807, 2.05) is 0 Å². The summed E-state index contributed by atoms with van der Waals surface area (Å²) in [5.41, 5.74) is -5.64. The minimum absolute atomic E-state index is 0.242. The summed E-state index contributed by atoms with van der Waals surface area (Å²) in [7, 11) is 0. The van der Waals surface area contributed by atoms with Crippen LogP contribution in [0, 0.1) is 29.1 Å². The van der Waals surface area contributed by atoms with Crippen LogP contribution in [0.2, 0.25) is 0 Å². The van der Waals surface area contributed by atoms with Crippen molar-refractivity contribution in [2.24, 2.45) is 4.99 Å². The Hall–Kier alpha value is -3.70. The number of carbonyl (C=O) groups is 1. The molecule has 0 spiro atoms. The van der Waals surface area contributed by atoms with Crippen molar-refractivity contribution in [1.29, 1.82) is 0 Å². The number of hydrogen-bond acceptors (Lipinski definition) is 2. The highest BCUT2D eigenvalue weighted by Gasteiger charge is 2.39. The lowest BCUT2D eigenvalue weighted by atomic mass is 9.98. The third-order valence-corrected chi connectivity index (χ3v) is 4.57. The Morgan fingerprint density at radius 2 is 1.42 bits per heavy atom. The topological polar surface area (TPSA) is 65.4 Å². The Kier molecular flexibility index (Phi) is 4.41. The zero-order valence-corrected chi connectivity index (χ0v) is 14.6. The van der Waals surface area contributed by atoms with Gasteiger partial charge in [0.1, 0.15) is 0 Å². The lowest BCUT2D eigenvalue weighted by Crippen LogP contribution is -2.13. The average Bonchev–Trinajstić information content (AvgIpc) is 3.23. The first-order valence-corrected chi connectivity index (χ1v) is 8.21. The molecule has 31 heavy (non-hydrogen) atoms. The molecule has 0 radical (unpaired) electrons. The molecule has 0 saturated heterocycles. The predicted molar refractivity (Wildman–Crippen MR) is 89.1 cm³/mol. The second-order valence-corrected chi connectivity index (χ2v) is 6.39. The molecular weight excluding hydrogens is 440 g/mol. The van der Waals surface area contributed by atoms with Crippen molar-refractivity contribution in [3.8, 4) is 17.1 Å². The third-order valence-electron chi connectivity index (χ3n) is 4.57. The van der Waals surface area contributed by atoms with Crippen LogP contribution in [-0.4, -0.2) is 21.7 Å². The molecular formula is C19H6F8N2O2. The molecule has 0 saturated carbocycles. The zero-order chi connectivity index (χ0) is 22.8. The van der Waals surface area contributed by atoms with Crippen LogP contribution in [0.15, 0.2) is 29.3 Å². The van der Waals surface area contributed by atoms with Crippen LogP contribution >= 0.6 is 0 Å². The van der Waals surface area contributed by atoms with Gasteiger partial charge in [-0.15, -0.1) is 0 Å². The van der Waals surface area contributed by atoms with Crippen molar-refractivity contribution in [3.63, 3.8) is 0 Å².